The normalized spacial score (nSPS) is 11.9. The topological polar surface area (TPSA) is 105 Å². The van der Waals surface area contributed by atoms with Crippen LogP contribution in [-0.2, 0) is 30.2 Å². The van der Waals surface area contributed by atoms with E-state index in [9.17, 15) is 8.42 Å². The Morgan fingerprint density at radius 1 is 1.35 bits per heavy atom. The van der Waals surface area contributed by atoms with Gasteiger partial charge in [0.2, 0.25) is 0 Å². The van der Waals surface area contributed by atoms with E-state index in [1.165, 1.54) is 6.20 Å². The molecule has 0 saturated heterocycles. The molecular formula is C11H18N6O2S. The smallest absolute Gasteiger partial charge is 0.258 e. The molecule has 8 nitrogen and oxygen atoms in total. The zero-order valence-electron chi connectivity index (χ0n) is 11.6. The van der Waals surface area contributed by atoms with Crippen LogP contribution in [0.2, 0.25) is 0 Å². The Morgan fingerprint density at radius 2 is 2.10 bits per heavy atom. The molecule has 2 aromatic rings. The van der Waals surface area contributed by atoms with Gasteiger partial charge in [-0.3, -0.25) is 9.78 Å². The number of nitrogens with one attached hydrogen (secondary N) is 3. The maximum atomic E-state index is 12.2. The van der Waals surface area contributed by atoms with Gasteiger partial charge in [0.1, 0.15) is 0 Å². The molecule has 0 atom stereocenters. The lowest BCUT2D eigenvalue weighted by Crippen LogP contribution is -2.25. The fourth-order valence-electron chi connectivity index (χ4n) is 1.92. The zero-order valence-corrected chi connectivity index (χ0v) is 12.5. The molecule has 110 valence electrons. The number of rotatable bonds is 6. The first kappa shape index (κ1) is 14.7. The van der Waals surface area contributed by atoms with Crippen molar-refractivity contribution in [3.8, 4) is 0 Å². The van der Waals surface area contributed by atoms with Crippen LogP contribution in [0.15, 0.2) is 17.4 Å². The van der Waals surface area contributed by atoms with Gasteiger partial charge in [0, 0.05) is 37.5 Å². The predicted molar refractivity (Wildman–Crippen MR) is 73.3 cm³/mol. The number of H-pyrrole nitrogens is 1. The molecule has 0 aliphatic carbocycles. The molecule has 0 aliphatic rings. The average molecular weight is 298 g/mol. The Balaban J connectivity index is 2.15. The summed E-state index contributed by atoms with van der Waals surface area (Å²) in [6.45, 7) is 2.46. The van der Waals surface area contributed by atoms with Gasteiger partial charge in [0.15, 0.2) is 5.03 Å². The summed E-state index contributed by atoms with van der Waals surface area (Å²) in [6, 6.07) is 0. The highest BCUT2D eigenvalue weighted by Gasteiger charge is 2.20. The average Bonchev–Trinajstić information content (AvgIpc) is 2.95. The molecule has 20 heavy (non-hydrogen) atoms. The summed E-state index contributed by atoms with van der Waals surface area (Å²) in [7, 11) is -0.0782. The van der Waals surface area contributed by atoms with Crippen molar-refractivity contribution in [3.05, 3.63) is 29.2 Å². The number of sulfonamides is 1. The second-order valence-corrected chi connectivity index (χ2v) is 6.20. The molecule has 0 aromatic carbocycles. The molecule has 0 saturated carbocycles. The highest BCUT2D eigenvalue weighted by atomic mass is 32.2. The molecule has 2 rings (SSSR count). The van der Waals surface area contributed by atoms with E-state index in [0.29, 0.717) is 12.1 Å². The van der Waals surface area contributed by atoms with Gasteiger partial charge in [-0.2, -0.15) is 10.2 Å². The molecule has 0 fully saturated rings. The van der Waals surface area contributed by atoms with Gasteiger partial charge in [-0.1, -0.05) is 0 Å². The van der Waals surface area contributed by atoms with Crippen molar-refractivity contribution in [1.82, 2.24) is 30.0 Å². The second kappa shape index (κ2) is 5.73. The van der Waals surface area contributed by atoms with Crippen LogP contribution in [0.1, 0.15) is 16.8 Å². The molecule has 0 bridgehead atoms. The SMILES string of the molecule is CNCc1cn[nH]c1S(=O)(=O)NCc1cn(C)nc1C. The van der Waals surface area contributed by atoms with Gasteiger partial charge < -0.3 is 5.32 Å². The van der Waals surface area contributed by atoms with Crippen LogP contribution < -0.4 is 10.0 Å². The van der Waals surface area contributed by atoms with E-state index < -0.39 is 10.0 Å². The summed E-state index contributed by atoms with van der Waals surface area (Å²) in [4.78, 5) is 0. The number of hydrogen-bond acceptors (Lipinski definition) is 5. The van der Waals surface area contributed by atoms with E-state index in [0.717, 1.165) is 11.3 Å². The van der Waals surface area contributed by atoms with Gasteiger partial charge in [0.25, 0.3) is 10.0 Å². The first-order valence-corrected chi connectivity index (χ1v) is 7.58. The van der Waals surface area contributed by atoms with Gasteiger partial charge >= 0.3 is 0 Å². The number of aryl methyl sites for hydroxylation is 2. The van der Waals surface area contributed by atoms with Crippen molar-refractivity contribution >= 4 is 10.0 Å². The number of hydrogen-bond donors (Lipinski definition) is 3. The van der Waals surface area contributed by atoms with Crippen LogP contribution in [0.4, 0.5) is 0 Å². The third-order valence-corrected chi connectivity index (χ3v) is 4.30. The monoisotopic (exact) mass is 298 g/mol. The van der Waals surface area contributed by atoms with Crippen LogP contribution in [0.3, 0.4) is 0 Å². The maximum Gasteiger partial charge on any atom is 0.258 e. The summed E-state index contributed by atoms with van der Waals surface area (Å²) >= 11 is 0. The second-order valence-electron chi connectivity index (χ2n) is 4.49. The third kappa shape index (κ3) is 3.06. The molecule has 2 heterocycles. The van der Waals surface area contributed by atoms with E-state index in [4.69, 9.17) is 0 Å². The zero-order chi connectivity index (χ0) is 14.8. The summed E-state index contributed by atoms with van der Waals surface area (Å²) in [5, 5.41) is 13.5. The highest BCUT2D eigenvalue weighted by Crippen LogP contribution is 2.12. The van der Waals surface area contributed by atoms with Crippen molar-refractivity contribution in [1.29, 1.82) is 0 Å². The van der Waals surface area contributed by atoms with E-state index in [-0.39, 0.29) is 11.6 Å². The summed E-state index contributed by atoms with van der Waals surface area (Å²) in [5.74, 6) is 0. The van der Waals surface area contributed by atoms with Crippen LogP contribution in [0, 0.1) is 6.92 Å². The van der Waals surface area contributed by atoms with Crippen molar-refractivity contribution < 1.29 is 8.42 Å². The number of aromatic amines is 1. The molecule has 0 amide bonds. The first-order chi connectivity index (χ1) is 9.44. The lowest BCUT2D eigenvalue weighted by molar-refractivity contribution is 0.574. The van der Waals surface area contributed by atoms with Gasteiger partial charge in [-0.05, 0) is 14.0 Å². The molecular weight excluding hydrogens is 280 g/mol. The minimum atomic E-state index is -3.62. The van der Waals surface area contributed by atoms with Crippen molar-refractivity contribution in [2.24, 2.45) is 7.05 Å². The fraction of sp³-hybridized carbons (Fsp3) is 0.455. The van der Waals surface area contributed by atoms with Gasteiger partial charge in [-0.15, -0.1) is 0 Å². The molecule has 0 radical (unpaired) electrons. The number of aromatic nitrogens is 4. The minimum Gasteiger partial charge on any atom is -0.316 e. The molecule has 0 aliphatic heterocycles. The number of nitrogens with zero attached hydrogens (tertiary/aromatic N) is 3. The first-order valence-electron chi connectivity index (χ1n) is 6.09. The van der Waals surface area contributed by atoms with E-state index in [1.54, 1.807) is 25.0 Å². The van der Waals surface area contributed by atoms with E-state index >= 15 is 0 Å². The predicted octanol–water partition coefficient (Wildman–Crippen LogP) is -0.350. The van der Waals surface area contributed by atoms with Crippen LogP contribution >= 0.6 is 0 Å². The molecule has 0 unspecified atom stereocenters. The summed E-state index contributed by atoms with van der Waals surface area (Å²) < 4.78 is 28.7. The van der Waals surface area contributed by atoms with Crippen LogP contribution in [-0.4, -0.2) is 35.4 Å². The Bertz CT molecular complexity index is 688. The van der Waals surface area contributed by atoms with E-state index in [1.807, 2.05) is 6.92 Å². The quantitative estimate of drug-likeness (QED) is 0.676. The van der Waals surface area contributed by atoms with Crippen molar-refractivity contribution in [3.63, 3.8) is 0 Å². The lowest BCUT2D eigenvalue weighted by Gasteiger charge is -2.06. The lowest BCUT2D eigenvalue weighted by atomic mass is 10.3. The summed E-state index contributed by atoms with van der Waals surface area (Å²) in [6.07, 6.45) is 3.29. The maximum absolute atomic E-state index is 12.2. The molecule has 9 heteroatoms. The molecule has 3 N–H and O–H groups in total. The minimum absolute atomic E-state index is 0.0911. The molecule has 0 spiro atoms. The molecule has 2 aromatic heterocycles. The highest BCUT2D eigenvalue weighted by molar-refractivity contribution is 7.89. The van der Waals surface area contributed by atoms with Crippen molar-refractivity contribution in [2.75, 3.05) is 7.05 Å². The summed E-state index contributed by atoms with van der Waals surface area (Å²) in [5.41, 5.74) is 2.24. The van der Waals surface area contributed by atoms with Crippen molar-refractivity contribution in [2.45, 2.75) is 25.0 Å². The van der Waals surface area contributed by atoms with Crippen LogP contribution in [0.5, 0.6) is 0 Å². The third-order valence-electron chi connectivity index (χ3n) is 2.88. The largest absolute Gasteiger partial charge is 0.316 e. The van der Waals surface area contributed by atoms with Gasteiger partial charge in [0.05, 0.1) is 11.9 Å². The Hall–Kier alpha value is -1.71. The Labute approximate surface area is 117 Å². The fourth-order valence-corrected chi connectivity index (χ4v) is 3.05. The Kier molecular flexibility index (Phi) is 4.21. The standard InChI is InChI=1S/C11H18N6O2S/c1-8-10(7-17(3)16-8)6-14-20(18,19)11-9(4-12-2)5-13-15-11/h5,7,12,14H,4,6H2,1-3H3,(H,13,15). The van der Waals surface area contributed by atoms with Crippen LogP contribution in [0.25, 0.3) is 0 Å². The van der Waals surface area contributed by atoms with E-state index in [2.05, 4.69) is 25.3 Å². The van der Waals surface area contributed by atoms with Gasteiger partial charge in [-0.25, -0.2) is 13.1 Å². The Morgan fingerprint density at radius 3 is 2.70 bits per heavy atom.